The maximum atomic E-state index is 5.97. The van der Waals surface area contributed by atoms with Gasteiger partial charge >= 0.3 is 0 Å². The molecular weight excluding hydrogens is 378 g/mol. The molecule has 0 aliphatic heterocycles. The molecule has 0 atom stereocenters. The fourth-order valence-corrected chi connectivity index (χ4v) is 2.67. The molecule has 3 aromatic rings. The van der Waals surface area contributed by atoms with E-state index in [1.165, 1.54) is 0 Å². The predicted molar refractivity (Wildman–Crippen MR) is 116 cm³/mol. The van der Waals surface area contributed by atoms with Crippen molar-refractivity contribution in [1.82, 2.24) is 5.43 Å². The number of anilines is 1. The average molecular weight is 396 g/mol. The Morgan fingerprint density at radius 3 is 2.52 bits per heavy atom. The van der Waals surface area contributed by atoms with Gasteiger partial charge in [-0.1, -0.05) is 41.9 Å². The lowest BCUT2D eigenvalue weighted by Gasteiger charge is -2.07. The quantitative estimate of drug-likeness (QED) is 0.340. The van der Waals surface area contributed by atoms with Crippen molar-refractivity contribution in [3.8, 4) is 5.75 Å². The zero-order valence-electron chi connectivity index (χ0n) is 14.4. The second kappa shape index (κ2) is 9.71. The number of hydrazone groups is 1. The van der Waals surface area contributed by atoms with Crippen LogP contribution in [0.3, 0.4) is 0 Å². The summed E-state index contributed by atoms with van der Waals surface area (Å²) in [5.41, 5.74) is 5.66. The topological polar surface area (TPSA) is 45.7 Å². The highest BCUT2D eigenvalue weighted by atomic mass is 35.5. The molecule has 3 rings (SSSR count). The van der Waals surface area contributed by atoms with Crippen molar-refractivity contribution in [2.45, 2.75) is 6.61 Å². The molecule has 27 heavy (non-hydrogen) atoms. The van der Waals surface area contributed by atoms with Gasteiger partial charge in [-0.2, -0.15) is 5.10 Å². The van der Waals surface area contributed by atoms with Gasteiger partial charge in [0, 0.05) is 10.7 Å². The van der Waals surface area contributed by atoms with E-state index in [2.05, 4.69) is 15.8 Å². The highest BCUT2D eigenvalue weighted by Gasteiger charge is 1.98. The van der Waals surface area contributed by atoms with Gasteiger partial charge < -0.3 is 10.1 Å². The Morgan fingerprint density at radius 2 is 1.78 bits per heavy atom. The van der Waals surface area contributed by atoms with E-state index < -0.39 is 0 Å². The number of para-hydroxylation sites is 1. The minimum absolute atomic E-state index is 0.430. The van der Waals surface area contributed by atoms with E-state index in [0.29, 0.717) is 16.7 Å². The van der Waals surface area contributed by atoms with Crippen molar-refractivity contribution in [3.63, 3.8) is 0 Å². The molecule has 0 amide bonds. The molecule has 0 fully saturated rings. The van der Waals surface area contributed by atoms with Crippen LogP contribution in [0.25, 0.3) is 0 Å². The number of benzene rings is 3. The first-order chi connectivity index (χ1) is 13.2. The highest BCUT2D eigenvalue weighted by molar-refractivity contribution is 7.80. The highest BCUT2D eigenvalue weighted by Crippen LogP contribution is 2.16. The third-order valence-corrected chi connectivity index (χ3v) is 4.01. The molecule has 6 heteroatoms. The summed E-state index contributed by atoms with van der Waals surface area (Å²) in [7, 11) is 0. The smallest absolute Gasteiger partial charge is 0.191 e. The minimum atomic E-state index is 0.430. The lowest BCUT2D eigenvalue weighted by Crippen LogP contribution is -2.23. The van der Waals surface area contributed by atoms with Crippen LogP contribution >= 0.6 is 23.8 Å². The van der Waals surface area contributed by atoms with Gasteiger partial charge in [0.25, 0.3) is 0 Å². The first-order valence-corrected chi connectivity index (χ1v) is 9.10. The zero-order chi connectivity index (χ0) is 18.9. The van der Waals surface area contributed by atoms with E-state index in [0.717, 1.165) is 22.6 Å². The Bertz CT molecular complexity index is 914. The summed E-state index contributed by atoms with van der Waals surface area (Å²) in [6.45, 7) is 0.467. The zero-order valence-corrected chi connectivity index (χ0v) is 16.0. The SMILES string of the molecule is S=C(NN=Cc1ccc(OCc2cccc(Cl)c2)cc1)Nc1ccccc1. The molecule has 0 aliphatic rings. The van der Waals surface area contributed by atoms with Gasteiger partial charge in [-0.3, -0.25) is 5.43 Å². The van der Waals surface area contributed by atoms with Crippen molar-refractivity contribution in [2.75, 3.05) is 5.32 Å². The average Bonchev–Trinajstić information content (AvgIpc) is 2.68. The molecule has 4 nitrogen and oxygen atoms in total. The lowest BCUT2D eigenvalue weighted by atomic mass is 10.2. The van der Waals surface area contributed by atoms with Crippen molar-refractivity contribution in [3.05, 3.63) is 95.0 Å². The molecule has 0 aromatic heterocycles. The summed E-state index contributed by atoms with van der Waals surface area (Å²) < 4.78 is 5.76. The summed E-state index contributed by atoms with van der Waals surface area (Å²) in [5, 5.41) is 8.32. The molecule has 0 saturated carbocycles. The molecular formula is C21H18ClN3OS. The van der Waals surface area contributed by atoms with Gasteiger partial charge in [-0.15, -0.1) is 0 Å². The van der Waals surface area contributed by atoms with Crippen LogP contribution in [0.2, 0.25) is 5.02 Å². The third kappa shape index (κ3) is 6.40. The Morgan fingerprint density at radius 1 is 1.00 bits per heavy atom. The van der Waals surface area contributed by atoms with Crippen molar-refractivity contribution in [2.24, 2.45) is 5.10 Å². The normalized spacial score (nSPS) is 10.6. The Kier molecular flexibility index (Phi) is 6.79. The number of nitrogens with zero attached hydrogens (tertiary/aromatic N) is 1. The van der Waals surface area contributed by atoms with E-state index in [4.69, 9.17) is 28.6 Å². The largest absolute Gasteiger partial charge is 0.489 e. The number of thiocarbonyl (C=S) groups is 1. The predicted octanol–water partition coefficient (Wildman–Crippen LogP) is 5.24. The molecule has 0 heterocycles. The summed E-state index contributed by atoms with van der Waals surface area (Å²) in [4.78, 5) is 0. The van der Waals surface area contributed by atoms with Crippen LogP contribution < -0.4 is 15.5 Å². The van der Waals surface area contributed by atoms with Crippen LogP contribution in [0.15, 0.2) is 84.0 Å². The van der Waals surface area contributed by atoms with Crippen LogP contribution in [0.4, 0.5) is 5.69 Å². The Labute approximate surface area is 168 Å². The van der Waals surface area contributed by atoms with Gasteiger partial charge in [0.05, 0.1) is 6.21 Å². The number of halogens is 1. The maximum absolute atomic E-state index is 5.97. The first-order valence-electron chi connectivity index (χ1n) is 8.31. The van der Waals surface area contributed by atoms with E-state index in [-0.39, 0.29) is 0 Å². The summed E-state index contributed by atoms with van der Waals surface area (Å²) in [6, 6.07) is 24.9. The van der Waals surface area contributed by atoms with Crippen LogP contribution in [-0.4, -0.2) is 11.3 Å². The minimum Gasteiger partial charge on any atom is -0.489 e. The molecule has 136 valence electrons. The van der Waals surface area contributed by atoms with Gasteiger partial charge in [0.2, 0.25) is 0 Å². The van der Waals surface area contributed by atoms with Gasteiger partial charge in [0.1, 0.15) is 12.4 Å². The number of rotatable bonds is 6. The van der Waals surface area contributed by atoms with Crippen LogP contribution in [-0.2, 0) is 6.61 Å². The van der Waals surface area contributed by atoms with E-state index >= 15 is 0 Å². The summed E-state index contributed by atoms with van der Waals surface area (Å²) in [5.74, 6) is 0.779. The fourth-order valence-electron chi connectivity index (χ4n) is 2.29. The molecule has 0 radical (unpaired) electrons. The number of nitrogens with one attached hydrogen (secondary N) is 2. The van der Waals surface area contributed by atoms with Crippen molar-refractivity contribution in [1.29, 1.82) is 0 Å². The number of ether oxygens (including phenoxy) is 1. The molecule has 0 aliphatic carbocycles. The summed E-state index contributed by atoms with van der Waals surface area (Å²) >= 11 is 11.2. The first kappa shape index (κ1) is 18.9. The van der Waals surface area contributed by atoms with E-state index in [9.17, 15) is 0 Å². The second-order valence-corrected chi connectivity index (χ2v) is 6.52. The van der Waals surface area contributed by atoms with Gasteiger partial charge in [-0.05, 0) is 71.9 Å². The molecule has 0 bridgehead atoms. The molecule has 3 aromatic carbocycles. The molecule has 2 N–H and O–H groups in total. The second-order valence-electron chi connectivity index (χ2n) is 5.68. The molecule has 0 saturated heterocycles. The lowest BCUT2D eigenvalue weighted by molar-refractivity contribution is 0.306. The van der Waals surface area contributed by atoms with Gasteiger partial charge in [-0.25, -0.2) is 0 Å². The van der Waals surface area contributed by atoms with E-state index in [1.54, 1.807) is 6.21 Å². The standard InChI is InChI=1S/C21H18ClN3OS/c22-18-6-4-5-17(13-18)15-26-20-11-9-16(10-12-20)14-23-25-21(27)24-19-7-2-1-3-8-19/h1-14H,15H2,(H2,24,25,27). The van der Waals surface area contributed by atoms with Crippen LogP contribution in [0.5, 0.6) is 5.75 Å². The molecule has 0 spiro atoms. The Hall–Kier alpha value is -2.89. The van der Waals surface area contributed by atoms with Crippen LogP contribution in [0, 0.1) is 0 Å². The van der Waals surface area contributed by atoms with Gasteiger partial charge in [0.15, 0.2) is 5.11 Å². The summed E-state index contributed by atoms with van der Waals surface area (Å²) in [6.07, 6.45) is 1.69. The number of hydrogen-bond acceptors (Lipinski definition) is 3. The third-order valence-electron chi connectivity index (χ3n) is 3.59. The van der Waals surface area contributed by atoms with Crippen molar-refractivity contribution < 1.29 is 4.74 Å². The Balaban J connectivity index is 1.47. The van der Waals surface area contributed by atoms with Crippen LogP contribution in [0.1, 0.15) is 11.1 Å². The monoisotopic (exact) mass is 395 g/mol. The van der Waals surface area contributed by atoms with Crippen molar-refractivity contribution >= 4 is 40.8 Å². The fraction of sp³-hybridized carbons (Fsp3) is 0.0476. The molecule has 0 unspecified atom stereocenters. The maximum Gasteiger partial charge on any atom is 0.191 e. The number of hydrogen-bond donors (Lipinski definition) is 2. The van der Waals surface area contributed by atoms with E-state index in [1.807, 2.05) is 78.9 Å².